The fraction of sp³-hybridized carbons (Fsp3) is 0.200. The van der Waals surface area contributed by atoms with Gasteiger partial charge in [-0.3, -0.25) is 9.79 Å². The summed E-state index contributed by atoms with van der Waals surface area (Å²) in [4.78, 5) is 13.9. The molecule has 0 unspecified atom stereocenters. The van der Waals surface area contributed by atoms with Crippen LogP contribution in [0.25, 0.3) is 0 Å². The Morgan fingerprint density at radius 2 is 2.00 bits per heavy atom. The Kier molecular flexibility index (Phi) is 2.75. The first kappa shape index (κ1) is 8.65. The SMILES string of the molecule is Cc1ccc(N=CC=O)cc1C. The molecule has 0 heterocycles. The van der Waals surface area contributed by atoms with Crippen molar-refractivity contribution in [3.63, 3.8) is 0 Å². The summed E-state index contributed by atoms with van der Waals surface area (Å²) in [5, 5.41) is 0. The van der Waals surface area contributed by atoms with Gasteiger partial charge in [-0.05, 0) is 37.1 Å². The summed E-state index contributed by atoms with van der Waals surface area (Å²) < 4.78 is 0. The van der Waals surface area contributed by atoms with Crippen LogP contribution in [0.5, 0.6) is 0 Å². The van der Waals surface area contributed by atoms with Crippen molar-refractivity contribution in [3.8, 4) is 0 Å². The van der Waals surface area contributed by atoms with Crippen LogP contribution in [-0.4, -0.2) is 12.5 Å². The molecule has 0 saturated carbocycles. The highest BCUT2D eigenvalue weighted by molar-refractivity contribution is 6.13. The van der Waals surface area contributed by atoms with E-state index in [2.05, 4.69) is 4.99 Å². The normalized spacial score (nSPS) is 10.5. The second kappa shape index (κ2) is 3.81. The predicted octanol–water partition coefficient (Wildman–Crippen LogP) is 2.20. The molecule has 0 N–H and O–H groups in total. The Labute approximate surface area is 71.9 Å². The first-order valence-corrected chi connectivity index (χ1v) is 3.79. The second-order valence-corrected chi connectivity index (χ2v) is 2.68. The van der Waals surface area contributed by atoms with Crippen LogP contribution in [0.2, 0.25) is 0 Å². The van der Waals surface area contributed by atoms with Crippen LogP contribution in [0.1, 0.15) is 11.1 Å². The van der Waals surface area contributed by atoms with Gasteiger partial charge in [0.1, 0.15) is 0 Å². The van der Waals surface area contributed by atoms with E-state index in [0.29, 0.717) is 6.29 Å². The van der Waals surface area contributed by atoms with Crippen LogP contribution >= 0.6 is 0 Å². The van der Waals surface area contributed by atoms with E-state index in [1.165, 1.54) is 17.3 Å². The van der Waals surface area contributed by atoms with E-state index in [9.17, 15) is 4.79 Å². The van der Waals surface area contributed by atoms with Gasteiger partial charge in [0.05, 0.1) is 11.9 Å². The molecule has 0 amide bonds. The minimum Gasteiger partial charge on any atom is -0.297 e. The number of hydrogen-bond donors (Lipinski definition) is 0. The molecule has 62 valence electrons. The monoisotopic (exact) mass is 161 g/mol. The first-order valence-electron chi connectivity index (χ1n) is 3.79. The average molecular weight is 161 g/mol. The van der Waals surface area contributed by atoms with Gasteiger partial charge in [0.2, 0.25) is 0 Å². The number of benzene rings is 1. The van der Waals surface area contributed by atoms with E-state index in [-0.39, 0.29) is 0 Å². The summed E-state index contributed by atoms with van der Waals surface area (Å²) in [5.41, 5.74) is 3.25. The number of nitrogens with zero attached hydrogens (tertiary/aromatic N) is 1. The number of rotatable bonds is 2. The van der Waals surface area contributed by atoms with Crippen LogP contribution < -0.4 is 0 Å². The molecular weight excluding hydrogens is 150 g/mol. The van der Waals surface area contributed by atoms with Gasteiger partial charge in [-0.15, -0.1) is 0 Å². The van der Waals surface area contributed by atoms with Gasteiger partial charge in [-0.2, -0.15) is 0 Å². The zero-order chi connectivity index (χ0) is 8.97. The van der Waals surface area contributed by atoms with Crippen LogP contribution in [0.3, 0.4) is 0 Å². The Morgan fingerprint density at radius 1 is 1.25 bits per heavy atom. The van der Waals surface area contributed by atoms with Crippen molar-refractivity contribution < 1.29 is 4.79 Å². The largest absolute Gasteiger partial charge is 0.297 e. The molecule has 0 aliphatic heterocycles. The Morgan fingerprint density at radius 3 is 2.58 bits per heavy atom. The lowest BCUT2D eigenvalue weighted by Crippen LogP contribution is -1.79. The van der Waals surface area contributed by atoms with Crippen LogP contribution in [0.15, 0.2) is 23.2 Å². The quantitative estimate of drug-likeness (QED) is 0.483. The number of carbonyl (C=O) groups excluding carboxylic acids is 1. The lowest BCUT2D eigenvalue weighted by atomic mass is 10.1. The van der Waals surface area contributed by atoms with E-state index in [0.717, 1.165) is 5.69 Å². The van der Waals surface area contributed by atoms with Gasteiger partial charge in [-0.25, -0.2) is 0 Å². The Hall–Kier alpha value is -1.44. The summed E-state index contributed by atoms with van der Waals surface area (Å²) in [6.45, 7) is 4.07. The number of hydrogen-bond acceptors (Lipinski definition) is 2. The zero-order valence-corrected chi connectivity index (χ0v) is 7.24. The van der Waals surface area contributed by atoms with Crippen LogP contribution in [0, 0.1) is 13.8 Å². The second-order valence-electron chi connectivity index (χ2n) is 2.68. The molecule has 2 nitrogen and oxygen atoms in total. The molecule has 0 aliphatic carbocycles. The molecule has 0 fully saturated rings. The lowest BCUT2D eigenvalue weighted by molar-refractivity contribution is -0.102. The summed E-state index contributed by atoms with van der Waals surface area (Å²) in [6, 6.07) is 5.84. The average Bonchev–Trinajstić information content (AvgIpc) is 2.07. The van der Waals surface area contributed by atoms with Crippen molar-refractivity contribution >= 4 is 18.2 Å². The first-order chi connectivity index (χ1) is 5.74. The number of aldehydes is 1. The fourth-order valence-corrected chi connectivity index (χ4v) is 0.922. The fourth-order valence-electron chi connectivity index (χ4n) is 0.922. The molecule has 1 aromatic carbocycles. The topological polar surface area (TPSA) is 29.4 Å². The highest BCUT2D eigenvalue weighted by Crippen LogP contribution is 2.16. The molecule has 0 atom stereocenters. The van der Waals surface area contributed by atoms with Crippen molar-refractivity contribution in [2.24, 2.45) is 4.99 Å². The predicted molar refractivity (Wildman–Crippen MR) is 50.1 cm³/mol. The molecule has 0 aliphatic rings. The van der Waals surface area contributed by atoms with Crippen molar-refractivity contribution in [3.05, 3.63) is 29.3 Å². The lowest BCUT2D eigenvalue weighted by Gasteiger charge is -1.99. The molecule has 0 spiro atoms. The van der Waals surface area contributed by atoms with Crippen LogP contribution in [-0.2, 0) is 4.79 Å². The van der Waals surface area contributed by atoms with Gasteiger partial charge in [0, 0.05) is 0 Å². The van der Waals surface area contributed by atoms with Gasteiger partial charge in [-0.1, -0.05) is 6.07 Å². The summed E-state index contributed by atoms with van der Waals surface area (Å²) in [5.74, 6) is 0. The molecule has 0 aromatic heterocycles. The molecule has 1 rings (SSSR count). The summed E-state index contributed by atoms with van der Waals surface area (Å²) in [6.07, 6.45) is 1.93. The van der Waals surface area contributed by atoms with E-state index in [4.69, 9.17) is 0 Å². The minimum atomic E-state index is 0.676. The zero-order valence-electron chi connectivity index (χ0n) is 7.24. The maximum absolute atomic E-state index is 9.98. The molecule has 0 saturated heterocycles. The van der Waals surface area contributed by atoms with Crippen molar-refractivity contribution in [2.45, 2.75) is 13.8 Å². The highest BCUT2D eigenvalue weighted by atomic mass is 16.1. The smallest absolute Gasteiger partial charge is 0.161 e. The standard InChI is InChI=1S/C10H11NO/c1-8-3-4-10(7-9(8)2)11-5-6-12/h3-7H,1-2H3. The maximum atomic E-state index is 9.98. The molecule has 0 bridgehead atoms. The summed E-state index contributed by atoms with van der Waals surface area (Å²) in [7, 11) is 0. The van der Waals surface area contributed by atoms with Crippen LogP contribution in [0.4, 0.5) is 5.69 Å². The number of aliphatic imine (C=N–C) groups is 1. The van der Waals surface area contributed by atoms with Gasteiger partial charge in [0.15, 0.2) is 6.29 Å². The Balaban J connectivity index is 2.96. The Bertz CT molecular complexity index is 316. The highest BCUT2D eigenvalue weighted by Gasteiger charge is 1.92. The van der Waals surface area contributed by atoms with Crippen molar-refractivity contribution in [2.75, 3.05) is 0 Å². The number of carbonyl (C=O) groups is 1. The van der Waals surface area contributed by atoms with E-state index in [1.807, 2.05) is 32.0 Å². The molecular formula is C10H11NO. The maximum Gasteiger partial charge on any atom is 0.161 e. The molecule has 0 radical (unpaired) electrons. The third-order valence-electron chi connectivity index (χ3n) is 1.77. The van der Waals surface area contributed by atoms with E-state index >= 15 is 0 Å². The van der Waals surface area contributed by atoms with Crippen molar-refractivity contribution in [1.29, 1.82) is 0 Å². The van der Waals surface area contributed by atoms with Crippen molar-refractivity contribution in [1.82, 2.24) is 0 Å². The summed E-state index contributed by atoms with van der Waals surface area (Å²) >= 11 is 0. The minimum absolute atomic E-state index is 0.676. The molecule has 2 heteroatoms. The number of aryl methyl sites for hydroxylation is 2. The third-order valence-corrected chi connectivity index (χ3v) is 1.77. The third kappa shape index (κ3) is 2.02. The van der Waals surface area contributed by atoms with Gasteiger partial charge >= 0.3 is 0 Å². The van der Waals surface area contributed by atoms with Gasteiger partial charge < -0.3 is 0 Å². The van der Waals surface area contributed by atoms with E-state index in [1.54, 1.807) is 0 Å². The van der Waals surface area contributed by atoms with E-state index < -0.39 is 0 Å². The van der Waals surface area contributed by atoms with Gasteiger partial charge in [0.25, 0.3) is 0 Å². The molecule has 1 aromatic rings. The molecule has 12 heavy (non-hydrogen) atoms.